The standard InChI is InChI=1S/C23H24N2O2/c1-15-7-8-18-13-19(23(27)24-22(18)16(15)2)9-10-21(26)25-12-11-17-5-3-4-6-20(17)14-25/h3-8,13H,9-12,14H2,1-2H3,(H,24,27). The van der Waals surface area contributed by atoms with Gasteiger partial charge in [-0.25, -0.2) is 0 Å². The molecule has 0 spiro atoms. The summed E-state index contributed by atoms with van der Waals surface area (Å²) < 4.78 is 0. The quantitative estimate of drug-likeness (QED) is 0.775. The van der Waals surface area contributed by atoms with Gasteiger partial charge in [0.1, 0.15) is 0 Å². The molecule has 4 heteroatoms. The van der Waals surface area contributed by atoms with E-state index in [9.17, 15) is 9.59 Å². The smallest absolute Gasteiger partial charge is 0.251 e. The van der Waals surface area contributed by atoms with E-state index >= 15 is 0 Å². The summed E-state index contributed by atoms with van der Waals surface area (Å²) in [6.45, 7) is 5.48. The van der Waals surface area contributed by atoms with Crippen LogP contribution in [0.3, 0.4) is 0 Å². The van der Waals surface area contributed by atoms with Crippen molar-refractivity contribution in [3.05, 3.63) is 80.6 Å². The highest BCUT2D eigenvalue weighted by Gasteiger charge is 2.20. The third-order valence-electron chi connectivity index (χ3n) is 5.72. The molecule has 0 atom stereocenters. The number of H-pyrrole nitrogens is 1. The second kappa shape index (κ2) is 7.03. The molecule has 0 unspecified atom stereocenters. The molecular weight excluding hydrogens is 336 g/mol. The molecule has 0 saturated heterocycles. The van der Waals surface area contributed by atoms with Gasteiger partial charge in [0.25, 0.3) is 5.56 Å². The monoisotopic (exact) mass is 360 g/mol. The normalized spacial score (nSPS) is 13.6. The lowest BCUT2D eigenvalue weighted by atomic mass is 9.99. The zero-order chi connectivity index (χ0) is 19.0. The summed E-state index contributed by atoms with van der Waals surface area (Å²) in [6.07, 6.45) is 1.73. The molecule has 2 heterocycles. The molecule has 0 radical (unpaired) electrons. The summed E-state index contributed by atoms with van der Waals surface area (Å²) >= 11 is 0. The Bertz CT molecular complexity index is 1080. The minimum Gasteiger partial charge on any atom is -0.338 e. The van der Waals surface area contributed by atoms with Crippen LogP contribution in [0, 0.1) is 13.8 Å². The fourth-order valence-electron chi connectivity index (χ4n) is 3.86. The molecule has 1 aromatic heterocycles. The maximum absolute atomic E-state index is 12.7. The Hall–Kier alpha value is -2.88. The molecule has 1 aliphatic heterocycles. The van der Waals surface area contributed by atoms with E-state index in [4.69, 9.17) is 0 Å². The van der Waals surface area contributed by atoms with Gasteiger partial charge in [-0.2, -0.15) is 0 Å². The number of carbonyl (C=O) groups is 1. The Kier molecular flexibility index (Phi) is 4.56. The number of aryl methyl sites for hydroxylation is 3. The highest BCUT2D eigenvalue weighted by molar-refractivity contribution is 5.83. The van der Waals surface area contributed by atoms with Gasteiger partial charge in [-0.15, -0.1) is 0 Å². The second-order valence-corrected chi connectivity index (χ2v) is 7.43. The molecule has 4 nitrogen and oxygen atoms in total. The Morgan fingerprint density at radius 1 is 1.11 bits per heavy atom. The van der Waals surface area contributed by atoms with Crippen molar-refractivity contribution in [2.45, 2.75) is 39.7 Å². The number of amides is 1. The van der Waals surface area contributed by atoms with Crippen molar-refractivity contribution in [1.29, 1.82) is 0 Å². The average molecular weight is 360 g/mol. The number of hydrogen-bond donors (Lipinski definition) is 1. The van der Waals surface area contributed by atoms with Crippen molar-refractivity contribution >= 4 is 16.8 Å². The molecule has 1 amide bonds. The first-order chi connectivity index (χ1) is 13.0. The number of pyridine rings is 1. The molecule has 0 fully saturated rings. The van der Waals surface area contributed by atoms with E-state index in [1.54, 1.807) is 0 Å². The van der Waals surface area contributed by atoms with Gasteiger partial charge in [0, 0.05) is 25.1 Å². The minimum absolute atomic E-state index is 0.0898. The van der Waals surface area contributed by atoms with Gasteiger partial charge in [0.15, 0.2) is 0 Å². The summed E-state index contributed by atoms with van der Waals surface area (Å²) in [5.41, 5.74) is 6.29. The number of hydrogen-bond acceptors (Lipinski definition) is 2. The largest absolute Gasteiger partial charge is 0.338 e. The van der Waals surface area contributed by atoms with Crippen LogP contribution in [0.1, 0.15) is 34.2 Å². The Morgan fingerprint density at radius 2 is 1.89 bits per heavy atom. The third kappa shape index (κ3) is 3.39. The molecule has 3 aromatic rings. The molecule has 0 saturated carbocycles. The van der Waals surface area contributed by atoms with E-state index in [-0.39, 0.29) is 11.5 Å². The molecule has 0 aliphatic carbocycles. The average Bonchev–Trinajstić information content (AvgIpc) is 2.69. The van der Waals surface area contributed by atoms with E-state index in [0.29, 0.717) is 24.9 Å². The summed E-state index contributed by atoms with van der Waals surface area (Å²) in [5, 5.41) is 1.02. The maximum atomic E-state index is 12.7. The van der Waals surface area contributed by atoms with Crippen molar-refractivity contribution in [2.24, 2.45) is 0 Å². The number of aromatic amines is 1. The fraction of sp³-hybridized carbons (Fsp3) is 0.304. The predicted octanol–water partition coefficient (Wildman–Crippen LogP) is 3.66. The van der Waals surface area contributed by atoms with Crippen molar-refractivity contribution in [1.82, 2.24) is 9.88 Å². The van der Waals surface area contributed by atoms with Crippen LogP contribution < -0.4 is 5.56 Å². The van der Waals surface area contributed by atoms with Crippen LogP contribution >= 0.6 is 0 Å². The van der Waals surface area contributed by atoms with E-state index in [1.165, 1.54) is 11.1 Å². The lowest BCUT2D eigenvalue weighted by molar-refractivity contribution is -0.132. The zero-order valence-electron chi connectivity index (χ0n) is 15.8. The van der Waals surface area contributed by atoms with Gasteiger partial charge < -0.3 is 9.88 Å². The van der Waals surface area contributed by atoms with Crippen LogP contribution in [0.15, 0.2) is 47.3 Å². The predicted molar refractivity (Wildman–Crippen MR) is 108 cm³/mol. The number of nitrogens with zero attached hydrogens (tertiary/aromatic N) is 1. The molecule has 2 aromatic carbocycles. The summed E-state index contributed by atoms with van der Waals surface area (Å²) in [6, 6.07) is 14.3. The first-order valence-electron chi connectivity index (χ1n) is 9.49. The van der Waals surface area contributed by atoms with Gasteiger partial charge in [0.05, 0.1) is 5.52 Å². The topological polar surface area (TPSA) is 53.2 Å². The molecule has 1 aliphatic rings. The molecule has 138 valence electrons. The first-order valence-corrected chi connectivity index (χ1v) is 9.49. The van der Waals surface area contributed by atoms with E-state index < -0.39 is 0 Å². The lowest BCUT2D eigenvalue weighted by Crippen LogP contribution is -2.36. The summed E-state index contributed by atoms with van der Waals surface area (Å²) in [7, 11) is 0. The van der Waals surface area contributed by atoms with Gasteiger partial charge in [-0.3, -0.25) is 9.59 Å². The van der Waals surface area contributed by atoms with E-state index in [2.05, 4.69) is 23.2 Å². The first kappa shape index (κ1) is 17.5. The van der Waals surface area contributed by atoms with Crippen LogP contribution in [0.25, 0.3) is 10.9 Å². The Morgan fingerprint density at radius 3 is 2.70 bits per heavy atom. The lowest BCUT2D eigenvalue weighted by Gasteiger charge is -2.29. The van der Waals surface area contributed by atoms with Crippen molar-refractivity contribution in [3.63, 3.8) is 0 Å². The SMILES string of the molecule is Cc1ccc2cc(CCC(=O)N3CCc4ccccc4C3)c(=O)[nH]c2c1C. The second-order valence-electron chi connectivity index (χ2n) is 7.43. The van der Waals surface area contributed by atoms with Gasteiger partial charge in [-0.1, -0.05) is 36.4 Å². The van der Waals surface area contributed by atoms with Gasteiger partial charge >= 0.3 is 0 Å². The van der Waals surface area contributed by atoms with Crippen LogP contribution in [-0.4, -0.2) is 22.3 Å². The van der Waals surface area contributed by atoms with Crippen molar-refractivity contribution in [2.75, 3.05) is 6.54 Å². The van der Waals surface area contributed by atoms with Crippen molar-refractivity contribution < 1.29 is 4.79 Å². The molecule has 4 rings (SSSR count). The molecule has 1 N–H and O–H groups in total. The minimum atomic E-state index is -0.0898. The molecule has 0 bridgehead atoms. The summed E-state index contributed by atoms with van der Waals surface area (Å²) in [4.78, 5) is 30.0. The number of rotatable bonds is 3. The van der Waals surface area contributed by atoms with Crippen molar-refractivity contribution in [3.8, 4) is 0 Å². The Labute approximate surface area is 158 Å². The van der Waals surface area contributed by atoms with Gasteiger partial charge in [0.2, 0.25) is 5.91 Å². The Balaban J connectivity index is 1.49. The van der Waals surface area contributed by atoms with Crippen LogP contribution in [-0.2, 0) is 24.2 Å². The number of carbonyl (C=O) groups excluding carboxylic acids is 1. The maximum Gasteiger partial charge on any atom is 0.251 e. The highest BCUT2D eigenvalue weighted by Crippen LogP contribution is 2.21. The number of fused-ring (bicyclic) bond motifs is 2. The van der Waals surface area contributed by atoms with Gasteiger partial charge in [-0.05, 0) is 60.4 Å². The highest BCUT2D eigenvalue weighted by atomic mass is 16.2. The number of aromatic nitrogens is 1. The zero-order valence-corrected chi connectivity index (χ0v) is 15.8. The fourth-order valence-corrected chi connectivity index (χ4v) is 3.86. The summed E-state index contributed by atoms with van der Waals surface area (Å²) in [5.74, 6) is 0.115. The van der Waals surface area contributed by atoms with Crippen LogP contribution in [0.5, 0.6) is 0 Å². The van der Waals surface area contributed by atoms with Crippen LogP contribution in [0.2, 0.25) is 0 Å². The number of nitrogens with one attached hydrogen (secondary N) is 1. The number of benzene rings is 2. The van der Waals surface area contributed by atoms with E-state index in [1.807, 2.05) is 43.0 Å². The third-order valence-corrected chi connectivity index (χ3v) is 5.72. The molecular formula is C23H24N2O2. The van der Waals surface area contributed by atoms with E-state index in [0.717, 1.165) is 35.0 Å². The molecule has 27 heavy (non-hydrogen) atoms. The van der Waals surface area contributed by atoms with Crippen LogP contribution in [0.4, 0.5) is 0 Å².